The lowest BCUT2D eigenvalue weighted by Gasteiger charge is -2.20. The summed E-state index contributed by atoms with van der Waals surface area (Å²) >= 11 is 0. The molecule has 1 aromatic rings. The van der Waals surface area contributed by atoms with E-state index in [1.54, 1.807) is 7.05 Å². The lowest BCUT2D eigenvalue weighted by Crippen LogP contribution is -2.41. The van der Waals surface area contributed by atoms with Gasteiger partial charge in [0.2, 0.25) is 5.91 Å². The number of amides is 1. The highest BCUT2D eigenvalue weighted by molar-refractivity contribution is 14.0. The van der Waals surface area contributed by atoms with Crippen molar-refractivity contribution in [2.24, 2.45) is 10.9 Å². The van der Waals surface area contributed by atoms with Crippen LogP contribution in [-0.4, -0.2) is 37.2 Å². The molecule has 7 nitrogen and oxygen atoms in total. The van der Waals surface area contributed by atoms with E-state index in [0.717, 1.165) is 24.3 Å². The number of halogens is 1. The number of nitrogens with one attached hydrogen (secondary N) is 3. The zero-order valence-corrected chi connectivity index (χ0v) is 20.5. The number of hydrogen-bond acceptors (Lipinski definition) is 4. The molecule has 0 spiro atoms. The van der Waals surface area contributed by atoms with Gasteiger partial charge in [0.25, 0.3) is 0 Å². The number of nitrogens with zero attached hydrogens (tertiary/aromatic N) is 2. The summed E-state index contributed by atoms with van der Waals surface area (Å²) in [4.78, 5) is 16.2. The molecule has 0 atom stereocenters. The highest BCUT2D eigenvalue weighted by atomic mass is 127. The van der Waals surface area contributed by atoms with Crippen LogP contribution in [-0.2, 0) is 11.3 Å². The third kappa shape index (κ3) is 9.35. The Hall–Kier alpha value is -1.32. The zero-order valence-electron chi connectivity index (χ0n) is 18.1. The second-order valence-corrected chi connectivity index (χ2v) is 7.64. The Balaban J connectivity index is 0.00000420. The van der Waals surface area contributed by atoms with Crippen LogP contribution in [0.3, 0.4) is 0 Å². The topological polar surface area (TPSA) is 91.6 Å². The molecule has 1 heterocycles. The molecule has 166 valence electrons. The van der Waals surface area contributed by atoms with Crippen molar-refractivity contribution in [2.45, 2.75) is 77.7 Å². The summed E-state index contributed by atoms with van der Waals surface area (Å²) in [6.07, 6.45) is 9.04. The first-order valence-corrected chi connectivity index (χ1v) is 10.8. The van der Waals surface area contributed by atoms with Gasteiger partial charge in [0.05, 0.1) is 12.2 Å². The fourth-order valence-electron chi connectivity index (χ4n) is 3.81. The molecule has 0 saturated heterocycles. The van der Waals surface area contributed by atoms with Gasteiger partial charge in [-0.15, -0.1) is 24.0 Å². The predicted octanol–water partition coefficient (Wildman–Crippen LogP) is 3.95. The Morgan fingerprint density at radius 3 is 2.52 bits per heavy atom. The first kappa shape index (κ1) is 25.7. The molecule has 1 saturated carbocycles. The molecule has 2 rings (SSSR count). The maximum absolute atomic E-state index is 12.0. The van der Waals surface area contributed by atoms with Crippen molar-refractivity contribution in [1.82, 2.24) is 21.1 Å². The van der Waals surface area contributed by atoms with Crippen LogP contribution in [0.15, 0.2) is 15.6 Å². The molecule has 3 N–H and O–H groups in total. The van der Waals surface area contributed by atoms with Crippen LogP contribution in [0.2, 0.25) is 0 Å². The number of aliphatic imine (C=N–C) groups is 1. The van der Waals surface area contributed by atoms with Crippen LogP contribution >= 0.6 is 24.0 Å². The Morgan fingerprint density at radius 2 is 1.86 bits per heavy atom. The van der Waals surface area contributed by atoms with Gasteiger partial charge in [-0.25, -0.2) is 0 Å². The molecular formula is C21H38IN5O2. The summed E-state index contributed by atoms with van der Waals surface area (Å²) in [5, 5.41) is 13.6. The maximum Gasteiger partial charge on any atom is 0.220 e. The lowest BCUT2D eigenvalue weighted by atomic mass is 9.87. The highest BCUT2D eigenvalue weighted by Crippen LogP contribution is 2.26. The Labute approximate surface area is 192 Å². The van der Waals surface area contributed by atoms with E-state index in [4.69, 9.17) is 4.52 Å². The van der Waals surface area contributed by atoms with E-state index in [0.29, 0.717) is 43.9 Å². The van der Waals surface area contributed by atoms with Gasteiger partial charge in [0, 0.05) is 38.5 Å². The minimum atomic E-state index is 0. The van der Waals surface area contributed by atoms with Gasteiger partial charge in [-0.05, 0) is 31.6 Å². The van der Waals surface area contributed by atoms with E-state index in [1.165, 1.54) is 32.1 Å². The van der Waals surface area contributed by atoms with Crippen LogP contribution in [0.1, 0.15) is 82.6 Å². The molecule has 0 aromatic carbocycles. The van der Waals surface area contributed by atoms with Gasteiger partial charge in [-0.1, -0.05) is 38.3 Å². The lowest BCUT2D eigenvalue weighted by molar-refractivity contribution is -0.122. The fraction of sp³-hybridized carbons (Fsp3) is 0.762. The van der Waals surface area contributed by atoms with Gasteiger partial charge < -0.3 is 20.5 Å². The maximum atomic E-state index is 12.0. The smallest absolute Gasteiger partial charge is 0.220 e. The second-order valence-electron chi connectivity index (χ2n) is 7.64. The van der Waals surface area contributed by atoms with E-state index >= 15 is 0 Å². The van der Waals surface area contributed by atoms with E-state index in [9.17, 15) is 4.79 Å². The fourth-order valence-corrected chi connectivity index (χ4v) is 3.81. The third-order valence-electron chi connectivity index (χ3n) is 5.57. The first-order chi connectivity index (χ1) is 13.7. The van der Waals surface area contributed by atoms with E-state index in [1.807, 2.05) is 6.07 Å². The van der Waals surface area contributed by atoms with Gasteiger partial charge in [0.1, 0.15) is 0 Å². The summed E-state index contributed by atoms with van der Waals surface area (Å²) in [7, 11) is 1.73. The van der Waals surface area contributed by atoms with E-state index in [2.05, 4.69) is 39.9 Å². The quantitative estimate of drug-likeness (QED) is 0.189. The molecule has 1 aliphatic carbocycles. The first-order valence-electron chi connectivity index (χ1n) is 10.8. The van der Waals surface area contributed by atoms with E-state index < -0.39 is 0 Å². The van der Waals surface area contributed by atoms with Gasteiger partial charge >= 0.3 is 0 Å². The molecule has 1 fully saturated rings. The number of hydrogen-bond donors (Lipinski definition) is 3. The molecule has 0 aliphatic heterocycles. The van der Waals surface area contributed by atoms with Crippen molar-refractivity contribution in [3.8, 4) is 0 Å². The second kappa shape index (κ2) is 14.6. The minimum Gasteiger partial charge on any atom is -0.359 e. The average molecular weight is 519 g/mol. The van der Waals surface area contributed by atoms with Crippen molar-refractivity contribution in [1.29, 1.82) is 0 Å². The SMILES string of the molecule is CCC(CC)c1cc(CNC(=NC)NCCNC(=O)CC2CCCCC2)on1.I. The number of rotatable bonds is 10. The molecule has 0 bridgehead atoms. The van der Waals surface area contributed by atoms with Crippen molar-refractivity contribution < 1.29 is 9.32 Å². The van der Waals surface area contributed by atoms with Crippen LogP contribution in [0.4, 0.5) is 0 Å². The van der Waals surface area contributed by atoms with Gasteiger partial charge in [0.15, 0.2) is 11.7 Å². The zero-order chi connectivity index (χ0) is 20.2. The van der Waals surface area contributed by atoms with Gasteiger partial charge in [-0.3, -0.25) is 9.79 Å². The van der Waals surface area contributed by atoms with Crippen LogP contribution in [0, 0.1) is 5.92 Å². The van der Waals surface area contributed by atoms with Crippen LogP contribution in [0.5, 0.6) is 0 Å². The summed E-state index contributed by atoms with van der Waals surface area (Å²) < 4.78 is 5.42. The van der Waals surface area contributed by atoms with Crippen molar-refractivity contribution in [3.05, 3.63) is 17.5 Å². The van der Waals surface area contributed by atoms with Gasteiger partial charge in [-0.2, -0.15) is 0 Å². The van der Waals surface area contributed by atoms with Crippen molar-refractivity contribution >= 4 is 35.8 Å². The summed E-state index contributed by atoms with van der Waals surface area (Å²) in [6, 6.07) is 2.02. The molecule has 0 radical (unpaired) electrons. The Bertz CT molecular complexity index is 610. The third-order valence-corrected chi connectivity index (χ3v) is 5.57. The number of carbonyl (C=O) groups is 1. The molecule has 0 unspecified atom stereocenters. The molecule has 8 heteroatoms. The number of carbonyl (C=O) groups excluding carboxylic acids is 1. The molecule has 1 aromatic heterocycles. The van der Waals surface area contributed by atoms with Crippen molar-refractivity contribution in [3.63, 3.8) is 0 Å². The highest BCUT2D eigenvalue weighted by Gasteiger charge is 2.16. The monoisotopic (exact) mass is 519 g/mol. The molecular weight excluding hydrogens is 481 g/mol. The molecule has 1 aliphatic rings. The number of guanidine groups is 1. The average Bonchev–Trinajstić information content (AvgIpc) is 3.18. The standard InChI is InChI=1S/C21H37N5O2.HI/c1-4-17(5-2)19-14-18(28-26-19)15-25-21(22-3)24-12-11-23-20(27)13-16-9-7-6-8-10-16;/h14,16-17H,4-13,15H2,1-3H3,(H,23,27)(H2,22,24,25);1H. The minimum absolute atomic E-state index is 0. The van der Waals surface area contributed by atoms with Crippen LogP contribution in [0.25, 0.3) is 0 Å². The van der Waals surface area contributed by atoms with E-state index in [-0.39, 0.29) is 29.9 Å². The normalized spacial score (nSPS) is 15.1. The summed E-state index contributed by atoms with van der Waals surface area (Å²) in [6.45, 7) is 6.08. The largest absolute Gasteiger partial charge is 0.359 e. The molecule has 1 amide bonds. The Kier molecular flexibility index (Phi) is 13.0. The summed E-state index contributed by atoms with van der Waals surface area (Å²) in [5.41, 5.74) is 1.02. The summed E-state index contributed by atoms with van der Waals surface area (Å²) in [5.74, 6) is 2.66. The Morgan fingerprint density at radius 1 is 1.17 bits per heavy atom. The predicted molar refractivity (Wildman–Crippen MR) is 128 cm³/mol. The van der Waals surface area contributed by atoms with Crippen molar-refractivity contribution in [2.75, 3.05) is 20.1 Å². The van der Waals surface area contributed by atoms with Crippen LogP contribution < -0.4 is 16.0 Å². The number of aromatic nitrogens is 1. The molecule has 29 heavy (non-hydrogen) atoms.